The molecule has 2 saturated heterocycles. The largest absolute Gasteiger partial charge is 0.381 e. The van der Waals surface area contributed by atoms with Gasteiger partial charge >= 0.3 is 0 Å². The molecule has 3 atom stereocenters. The van der Waals surface area contributed by atoms with Gasteiger partial charge < -0.3 is 10.2 Å². The van der Waals surface area contributed by atoms with Gasteiger partial charge in [0.1, 0.15) is 0 Å². The Labute approximate surface area is 105 Å². The number of rotatable bonds is 2. The van der Waals surface area contributed by atoms with Gasteiger partial charge in [-0.05, 0) is 53.4 Å². The normalized spacial score (nSPS) is 32.7. The lowest BCUT2D eigenvalue weighted by atomic mass is 9.94. The topological polar surface area (TPSA) is 15.3 Å². The van der Waals surface area contributed by atoms with E-state index in [1.165, 1.54) is 42.6 Å². The predicted octanol–water partition coefficient (Wildman–Crippen LogP) is 2.96. The molecule has 1 aromatic rings. The number of nitrogens with zero attached hydrogens (tertiary/aromatic N) is 1. The van der Waals surface area contributed by atoms with Crippen molar-refractivity contribution in [1.29, 1.82) is 0 Å². The van der Waals surface area contributed by atoms with E-state index in [9.17, 15) is 0 Å². The average molecular weight is 281 g/mol. The van der Waals surface area contributed by atoms with Gasteiger partial charge in [0, 0.05) is 29.3 Å². The Morgan fingerprint density at radius 1 is 1.19 bits per heavy atom. The van der Waals surface area contributed by atoms with Crippen LogP contribution in [0.2, 0.25) is 0 Å². The van der Waals surface area contributed by atoms with E-state index in [0.717, 1.165) is 5.92 Å². The summed E-state index contributed by atoms with van der Waals surface area (Å²) in [5.41, 5.74) is 1.24. The molecule has 1 aromatic carbocycles. The number of para-hydroxylation sites is 1. The Bertz CT molecular complexity index is 380. The molecular formula is C13H17BrN2. The van der Waals surface area contributed by atoms with Gasteiger partial charge in [-0.2, -0.15) is 0 Å². The van der Waals surface area contributed by atoms with Crippen molar-refractivity contribution >= 4 is 21.6 Å². The zero-order chi connectivity index (χ0) is 11.0. The van der Waals surface area contributed by atoms with Crippen molar-refractivity contribution in [3.8, 4) is 0 Å². The predicted molar refractivity (Wildman–Crippen MR) is 70.7 cm³/mol. The van der Waals surface area contributed by atoms with Gasteiger partial charge in [-0.25, -0.2) is 0 Å². The second kappa shape index (κ2) is 4.38. The number of anilines is 1. The van der Waals surface area contributed by atoms with E-state index in [1.807, 2.05) is 0 Å². The highest BCUT2D eigenvalue weighted by molar-refractivity contribution is 9.10. The van der Waals surface area contributed by atoms with Gasteiger partial charge in [0.2, 0.25) is 0 Å². The molecule has 0 amide bonds. The quantitative estimate of drug-likeness (QED) is 0.896. The number of piperidine rings is 1. The lowest BCUT2D eigenvalue weighted by molar-refractivity contribution is 0.255. The van der Waals surface area contributed by atoms with Crippen LogP contribution in [0.5, 0.6) is 0 Å². The number of nitrogens with one attached hydrogen (secondary N) is 1. The second-order valence-corrected chi connectivity index (χ2v) is 5.72. The number of benzene rings is 1. The molecule has 16 heavy (non-hydrogen) atoms. The highest BCUT2D eigenvalue weighted by Gasteiger charge is 2.34. The highest BCUT2D eigenvalue weighted by atomic mass is 79.9. The molecule has 0 radical (unpaired) electrons. The van der Waals surface area contributed by atoms with Crippen LogP contribution in [0.25, 0.3) is 0 Å². The molecule has 0 saturated carbocycles. The fourth-order valence-electron chi connectivity index (χ4n) is 2.92. The summed E-state index contributed by atoms with van der Waals surface area (Å²) in [6, 6.07) is 9.08. The highest BCUT2D eigenvalue weighted by Crippen LogP contribution is 2.31. The first-order chi connectivity index (χ1) is 7.83. The van der Waals surface area contributed by atoms with Crippen molar-refractivity contribution in [2.45, 2.75) is 18.9 Å². The van der Waals surface area contributed by atoms with E-state index in [-0.39, 0.29) is 0 Å². The maximum Gasteiger partial charge on any atom is 0.0486 e. The molecule has 1 N–H and O–H groups in total. The third-order valence-electron chi connectivity index (χ3n) is 3.85. The van der Waals surface area contributed by atoms with Crippen LogP contribution in [0.15, 0.2) is 28.7 Å². The Morgan fingerprint density at radius 2 is 2.00 bits per heavy atom. The van der Waals surface area contributed by atoms with Gasteiger partial charge in [-0.3, -0.25) is 0 Å². The van der Waals surface area contributed by atoms with Crippen molar-refractivity contribution in [2.24, 2.45) is 5.92 Å². The van der Waals surface area contributed by atoms with Crippen molar-refractivity contribution < 1.29 is 0 Å². The van der Waals surface area contributed by atoms with E-state index >= 15 is 0 Å². The summed E-state index contributed by atoms with van der Waals surface area (Å²) in [5, 5.41) is 3.70. The molecule has 2 fully saturated rings. The van der Waals surface area contributed by atoms with Crippen molar-refractivity contribution in [3.63, 3.8) is 0 Å². The number of halogens is 1. The van der Waals surface area contributed by atoms with Gasteiger partial charge in [-0.15, -0.1) is 0 Å². The van der Waals surface area contributed by atoms with Crippen molar-refractivity contribution in [3.05, 3.63) is 28.7 Å². The van der Waals surface area contributed by atoms with Crippen LogP contribution in [-0.2, 0) is 0 Å². The van der Waals surface area contributed by atoms with Crippen LogP contribution in [0.3, 0.4) is 0 Å². The molecule has 3 heteroatoms. The van der Waals surface area contributed by atoms with E-state index in [1.54, 1.807) is 0 Å². The Hall–Kier alpha value is -0.540. The molecule has 2 heterocycles. The first-order valence-electron chi connectivity index (χ1n) is 6.06. The summed E-state index contributed by atoms with van der Waals surface area (Å²) in [7, 11) is 0. The van der Waals surface area contributed by atoms with Gasteiger partial charge in [0.15, 0.2) is 0 Å². The van der Waals surface area contributed by atoms with Crippen molar-refractivity contribution in [1.82, 2.24) is 4.90 Å². The molecule has 2 nitrogen and oxygen atoms in total. The molecule has 0 spiro atoms. The fourth-order valence-corrected chi connectivity index (χ4v) is 3.32. The minimum absolute atomic E-state index is 0.664. The first kappa shape index (κ1) is 10.6. The number of hydrogen-bond acceptors (Lipinski definition) is 2. The summed E-state index contributed by atoms with van der Waals surface area (Å²) in [6.07, 6.45) is 2.65. The monoisotopic (exact) mass is 280 g/mol. The van der Waals surface area contributed by atoms with Gasteiger partial charge in [0.05, 0.1) is 0 Å². The first-order valence-corrected chi connectivity index (χ1v) is 6.85. The average Bonchev–Trinajstić information content (AvgIpc) is 2.68. The summed E-state index contributed by atoms with van der Waals surface area (Å²) in [6.45, 7) is 3.86. The summed E-state index contributed by atoms with van der Waals surface area (Å²) in [4.78, 5) is 2.59. The molecule has 2 bridgehead atoms. The van der Waals surface area contributed by atoms with Crippen LogP contribution in [0, 0.1) is 5.92 Å². The molecule has 2 aliphatic rings. The van der Waals surface area contributed by atoms with Crippen molar-refractivity contribution in [2.75, 3.05) is 25.0 Å². The van der Waals surface area contributed by atoms with Crippen LogP contribution in [-0.4, -0.2) is 30.6 Å². The van der Waals surface area contributed by atoms with E-state index in [2.05, 4.69) is 50.4 Å². The molecule has 2 aliphatic heterocycles. The Balaban J connectivity index is 1.73. The lowest BCUT2D eigenvalue weighted by Gasteiger charge is -2.32. The molecule has 0 aromatic heterocycles. The zero-order valence-electron chi connectivity index (χ0n) is 9.32. The fraction of sp³-hybridized carbons (Fsp3) is 0.538. The van der Waals surface area contributed by atoms with Crippen LogP contribution in [0.1, 0.15) is 12.8 Å². The number of hydrogen-bond donors (Lipinski definition) is 1. The van der Waals surface area contributed by atoms with E-state index < -0.39 is 0 Å². The van der Waals surface area contributed by atoms with Crippen LogP contribution >= 0.6 is 15.9 Å². The molecule has 0 aliphatic carbocycles. The Kier molecular flexibility index (Phi) is 2.90. The lowest BCUT2D eigenvalue weighted by Crippen LogP contribution is -2.39. The smallest absolute Gasteiger partial charge is 0.0486 e. The maximum atomic E-state index is 3.70. The zero-order valence-corrected chi connectivity index (χ0v) is 10.9. The van der Waals surface area contributed by atoms with Gasteiger partial charge in [0.25, 0.3) is 0 Å². The third-order valence-corrected chi connectivity index (χ3v) is 4.54. The summed E-state index contributed by atoms with van der Waals surface area (Å²) in [5.74, 6) is 0.848. The molecule has 3 unspecified atom stereocenters. The van der Waals surface area contributed by atoms with Crippen LogP contribution in [0.4, 0.5) is 5.69 Å². The summed E-state index contributed by atoms with van der Waals surface area (Å²) < 4.78 is 1.18. The molecular weight excluding hydrogens is 264 g/mol. The maximum absolute atomic E-state index is 3.70. The van der Waals surface area contributed by atoms with Crippen LogP contribution < -0.4 is 5.32 Å². The summed E-state index contributed by atoms with van der Waals surface area (Å²) >= 11 is 3.60. The van der Waals surface area contributed by atoms with Gasteiger partial charge in [-0.1, -0.05) is 12.1 Å². The SMILES string of the molecule is Brc1ccccc1NC1CCN2CCC1C2. The number of fused-ring (bicyclic) bond motifs is 2. The standard InChI is InChI=1S/C13H17BrN2/c14-11-3-1-2-4-13(11)15-12-6-8-16-7-5-10(12)9-16/h1-4,10,12,15H,5-9H2. The second-order valence-electron chi connectivity index (χ2n) is 4.87. The minimum Gasteiger partial charge on any atom is -0.381 e. The molecule has 86 valence electrons. The van der Waals surface area contributed by atoms with E-state index in [0.29, 0.717) is 6.04 Å². The van der Waals surface area contributed by atoms with E-state index in [4.69, 9.17) is 0 Å². The Morgan fingerprint density at radius 3 is 2.88 bits per heavy atom. The molecule has 3 rings (SSSR count). The minimum atomic E-state index is 0.664. The third kappa shape index (κ3) is 1.98.